The van der Waals surface area contributed by atoms with E-state index in [1.54, 1.807) is 0 Å². The van der Waals surface area contributed by atoms with Crippen molar-refractivity contribution in [2.24, 2.45) is 0 Å². The summed E-state index contributed by atoms with van der Waals surface area (Å²) in [6.45, 7) is 1.06. The van der Waals surface area contributed by atoms with E-state index in [-0.39, 0.29) is 38.4 Å². The van der Waals surface area contributed by atoms with Gasteiger partial charge >= 0.3 is 0 Å². The van der Waals surface area contributed by atoms with Gasteiger partial charge in [0.1, 0.15) is 11.6 Å². The Balaban J connectivity index is 1.72. The minimum absolute atomic E-state index is 0.0271. The molecule has 0 aromatic carbocycles. The fourth-order valence-corrected chi connectivity index (χ4v) is 3.36. The zero-order chi connectivity index (χ0) is 18.7. The van der Waals surface area contributed by atoms with E-state index in [0.717, 1.165) is 0 Å². The molecule has 2 aliphatic heterocycles. The smallest absolute Gasteiger partial charge is 0.253 e. The fraction of sp³-hybridized carbons (Fsp3) is 0.625. The van der Waals surface area contributed by atoms with Gasteiger partial charge in [0.15, 0.2) is 17.1 Å². The summed E-state index contributed by atoms with van der Waals surface area (Å²) in [6, 6.07) is 2.07. The quantitative estimate of drug-likeness (QED) is 0.578. The van der Waals surface area contributed by atoms with Gasteiger partial charge in [-0.05, 0) is 6.26 Å². The first-order chi connectivity index (χ1) is 12.4. The minimum atomic E-state index is -2.70. The van der Waals surface area contributed by atoms with Crippen molar-refractivity contribution in [1.29, 1.82) is 5.26 Å². The fourth-order valence-electron chi connectivity index (χ4n) is 3.02. The van der Waals surface area contributed by atoms with E-state index < -0.39 is 12.0 Å². The van der Waals surface area contributed by atoms with Crippen molar-refractivity contribution in [3.05, 3.63) is 11.8 Å². The first kappa shape index (κ1) is 18.8. The normalized spacial score (nSPS) is 22.8. The topological polar surface area (TPSA) is 82.3 Å². The Hall–Kier alpha value is -1.99. The number of anilines is 1. The second kappa shape index (κ2) is 7.72. The number of carbonyl (C=O) groups excluding carboxylic acids is 1. The van der Waals surface area contributed by atoms with Crippen LogP contribution in [0.2, 0.25) is 0 Å². The van der Waals surface area contributed by atoms with E-state index in [1.165, 1.54) is 22.9 Å². The highest BCUT2D eigenvalue weighted by atomic mass is 32.2. The third-order valence-electron chi connectivity index (χ3n) is 4.50. The minimum Gasteiger partial charge on any atom is -0.365 e. The van der Waals surface area contributed by atoms with Crippen LogP contribution in [0.4, 0.5) is 14.6 Å². The molecule has 1 atom stereocenters. The van der Waals surface area contributed by atoms with Crippen LogP contribution in [0, 0.1) is 11.3 Å². The molecule has 0 N–H and O–H groups in total. The molecular formula is C16H19F2N5O2S. The molecule has 3 rings (SSSR count). The van der Waals surface area contributed by atoms with E-state index in [2.05, 4.69) is 16.0 Å². The van der Waals surface area contributed by atoms with Crippen LogP contribution < -0.4 is 4.90 Å². The van der Waals surface area contributed by atoms with E-state index in [4.69, 9.17) is 4.74 Å². The van der Waals surface area contributed by atoms with Crippen LogP contribution in [0.25, 0.3) is 0 Å². The first-order valence-corrected chi connectivity index (χ1v) is 9.50. The summed E-state index contributed by atoms with van der Waals surface area (Å²) < 4.78 is 32.2. The van der Waals surface area contributed by atoms with Gasteiger partial charge in [0, 0.05) is 32.5 Å². The molecule has 1 aromatic rings. The van der Waals surface area contributed by atoms with Crippen molar-refractivity contribution < 1.29 is 18.3 Å². The van der Waals surface area contributed by atoms with Crippen molar-refractivity contribution in [3.8, 4) is 6.07 Å². The highest BCUT2D eigenvalue weighted by Gasteiger charge is 2.39. The maximum Gasteiger partial charge on any atom is 0.253 e. The van der Waals surface area contributed by atoms with Gasteiger partial charge in [0.25, 0.3) is 11.8 Å². The third-order valence-corrected chi connectivity index (χ3v) is 5.06. The first-order valence-electron chi connectivity index (χ1n) is 8.28. The number of hydrogen-bond donors (Lipinski definition) is 0. The van der Waals surface area contributed by atoms with Crippen LogP contribution in [0.3, 0.4) is 0 Å². The lowest BCUT2D eigenvalue weighted by atomic mass is 10.1. The molecule has 7 nitrogen and oxygen atoms in total. The largest absolute Gasteiger partial charge is 0.365 e. The summed E-state index contributed by atoms with van der Waals surface area (Å²) in [4.78, 5) is 24.4. The number of rotatable bonds is 3. The molecule has 3 heterocycles. The molecule has 0 spiro atoms. The number of nitriles is 1. The third kappa shape index (κ3) is 4.04. The maximum atomic E-state index is 13.3. The molecule has 140 valence electrons. The van der Waals surface area contributed by atoms with Gasteiger partial charge in [-0.25, -0.2) is 18.7 Å². The van der Waals surface area contributed by atoms with Crippen LogP contribution in [0.1, 0.15) is 18.4 Å². The van der Waals surface area contributed by atoms with Crippen LogP contribution >= 0.6 is 11.8 Å². The number of morpholine rings is 1. The molecule has 2 fully saturated rings. The lowest BCUT2D eigenvalue weighted by Gasteiger charge is -2.38. The van der Waals surface area contributed by atoms with Crippen molar-refractivity contribution in [2.45, 2.75) is 30.0 Å². The lowest BCUT2D eigenvalue weighted by molar-refractivity contribution is -0.150. The van der Waals surface area contributed by atoms with Crippen molar-refractivity contribution in [1.82, 2.24) is 14.9 Å². The molecule has 26 heavy (non-hydrogen) atoms. The Kier molecular flexibility index (Phi) is 5.58. The Bertz CT molecular complexity index is 717. The highest BCUT2D eigenvalue weighted by molar-refractivity contribution is 7.98. The number of aromatic nitrogens is 2. The summed E-state index contributed by atoms with van der Waals surface area (Å²) in [5.41, 5.74) is 0.327. The number of alkyl halides is 2. The number of amides is 1. The predicted molar refractivity (Wildman–Crippen MR) is 91.2 cm³/mol. The summed E-state index contributed by atoms with van der Waals surface area (Å²) in [7, 11) is 0. The van der Waals surface area contributed by atoms with Gasteiger partial charge in [0.05, 0.1) is 19.3 Å². The van der Waals surface area contributed by atoms with Crippen molar-refractivity contribution >= 4 is 23.5 Å². The molecule has 0 aliphatic carbocycles. The lowest BCUT2D eigenvalue weighted by Crippen LogP contribution is -2.53. The van der Waals surface area contributed by atoms with Gasteiger partial charge in [-0.2, -0.15) is 5.26 Å². The number of thioether (sulfide) groups is 1. The van der Waals surface area contributed by atoms with Gasteiger partial charge < -0.3 is 14.5 Å². The van der Waals surface area contributed by atoms with E-state index >= 15 is 0 Å². The highest BCUT2D eigenvalue weighted by Crippen LogP contribution is 2.29. The number of likely N-dealkylation sites (tertiary alicyclic amines) is 1. The van der Waals surface area contributed by atoms with Crippen molar-refractivity contribution in [3.63, 3.8) is 0 Å². The van der Waals surface area contributed by atoms with Crippen LogP contribution in [0.15, 0.2) is 11.4 Å². The number of hydrogen-bond acceptors (Lipinski definition) is 7. The summed E-state index contributed by atoms with van der Waals surface area (Å²) in [5, 5.41) is 9.83. The monoisotopic (exact) mass is 383 g/mol. The molecule has 2 saturated heterocycles. The van der Waals surface area contributed by atoms with Crippen LogP contribution in [0.5, 0.6) is 0 Å². The second-order valence-electron chi connectivity index (χ2n) is 6.19. The summed E-state index contributed by atoms with van der Waals surface area (Å²) in [5.74, 6) is -2.52. The zero-order valence-electron chi connectivity index (χ0n) is 14.3. The molecule has 0 radical (unpaired) electrons. The van der Waals surface area contributed by atoms with Gasteiger partial charge in [-0.15, -0.1) is 0 Å². The molecular weight excluding hydrogens is 364 g/mol. The molecule has 0 bridgehead atoms. The predicted octanol–water partition coefficient (Wildman–Crippen LogP) is 1.53. The number of nitrogens with zero attached hydrogens (tertiary/aromatic N) is 5. The van der Waals surface area contributed by atoms with Crippen LogP contribution in [-0.2, 0) is 9.53 Å². The molecule has 1 aromatic heterocycles. The Morgan fingerprint density at radius 2 is 2.15 bits per heavy atom. The Morgan fingerprint density at radius 3 is 2.81 bits per heavy atom. The molecule has 1 amide bonds. The van der Waals surface area contributed by atoms with E-state index in [1.807, 2.05) is 11.2 Å². The summed E-state index contributed by atoms with van der Waals surface area (Å²) >= 11 is 1.36. The van der Waals surface area contributed by atoms with Gasteiger partial charge in [0.2, 0.25) is 0 Å². The second-order valence-corrected chi connectivity index (χ2v) is 6.97. The van der Waals surface area contributed by atoms with E-state index in [0.29, 0.717) is 29.7 Å². The molecule has 1 unspecified atom stereocenters. The standard InChI is InChI=1S/C16H19F2N5O2S/c1-26-15-20-9-11(8-19)13(21-15)23-6-7-25-12(10-23)14(24)22-4-2-16(17,18)3-5-22/h9,12H,2-7,10H2,1H3. The number of carbonyl (C=O) groups is 1. The number of piperidine rings is 1. The maximum absolute atomic E-state index is 13.3. The molecule has 0 saturated carbocycles. The SMILES string of the molecule is CSc1ncc(C#N)c(N2CCOC(C(=O)N3CCC(F)(F)CC3)C2)n1. The summed E-state index contributed by atoms with van der Waals surface area (Å²) in [6.07, 6.45) is 1.90. The van der Waals surface area contributed by atoms with Gasteiger partial charge in [-0.3, -0.25) is 4.79 Å². The average Bonchev–Trinajstić information content (AvgIpc) is 2.67. The van der Waals surface area contributed by atoms with Gasteiger partial charge in [-0.1, -0.05) is 11.8 Å². The van der Waals surface area contributed by atoms with E-state index in [9.17, 15) is 18.8 Å². The van der Waals surface area contributed by atoms with Crippen molar-refractivity contribution in [2.75, 3.05) is 43.9 Å². The number of halogens is 2. The van der Waals surface area contributed by atoms with Crippen LogP contribution in [-0.4, -0.2) is 71.8 Å². The average molecular weight is 383 g/mol. The molecule has 10 heteroatoms. The Morgan fingerprint density at radius 1 is 1.42 bits per heavy atom. The zero-order valence-corrected chi connectivity index (χ0v) is 15.1. The Labute approximate surface area is 154 Å². The molecule has 2 aliphatic rings. The number of ether oxygens (including phenoxy) is 1.